The summed E-state index contributed by atoms with van der Waals surface area (Å²) in [5, 5.41) is 4.03. The number of hydrogen-bond donors (Lipinski definition) is 0. The van der Waals surface area contributed by atoms with Gasteiger partial charge in [0, 0.05) is 12.1 Å². The van der Waals surface area contributed by atoms with Crippen LogP contribution in [-0.4, -0.2) is 29.1 Å². The highest BCUT2D eigenvalue weighted by atomic mass is 16.5. The maximum Gasteiger partial charge on any atom is 0.358 e. The number of rotatable bonds is 4. The van der Waals surface area contributed by atoms with Crippen LogP contribution in [0.1, 0.15) is 47.3 Å². The SMILES string of the molecule is CCC(C)n1nc(C(=O)OC)cc1C=O. The first-order chi connectivity index (χ1) is 7.13. The van der Waals surface area contributed by atoms with Gasteiger partial charge in [0.15, 0.2) is 12.0 Å². The fourth-order valence-corrected chi connectivity index (χ4v) is 1.23. The van der Waals surface area contributed by atoms with Gasteiger partial charge in [-0.3, -0.25) is 9.48 Å². The van der Waals surface area contributed by atoms with E-state index in [4.69, 9.17) is 0 Å². The van der Waals surface area contributed by atoms with E-state index >= 15 is 0 Å². The number of carbonyl (C=O) groups is 2. The van der Waals surface area contributed by atoms with E-state index in [1.165, 1.54) is 13.2 Å². The van der Waals surface area contributed by atoms with E-state index in [1.54, 1.807) is 4.68 Å². The summed E-state index contributed by atoms with van der Waals surface area (Å²) in [6, 6.07) is 1.52. The molecule has 0 fully saturated rings. The minimum absolute atomic E-state index is 0.0867. The van der Waals surface area contributed by atoms with Gasteiger partial charge in [0.1, 0.15) is 5.69 Å². The van der Waals surface area contributed by atoms with Gasteiger partial charge in [-0.05, 0) is 13.3 Å². The number of aldehydes is 1. The van der Waals surface area contributed by atoms with Gasteiger partial charge in [-0.1, -0.05) is 6.92 Å². The largest absolute Gasteiger partial charge is 0.464 e. The lowest BCUT2D eigenvalue weighted by atomic mass is 10.2. The van der Waals surface area contributed by atoms with Crippen LogP contribution in [0, 0.1) is 0 Å². The second-order valence-electron chi connectivity index (χ2n) is 3.27. The minimum Gasteiger partial charge on any atom is -0.464 e. The number of esters is 1. The quantitative estimate of drug-likeness (QED) is 0.557. The van der Waals surface area contributed by atoms with Crippen LogP contribution in [0.15, 0.2) is 6.07 Å². The molecule has 0 bridgehead atoms. The van der Waals surface area contributed by atoms with Crippen LogP contribution in [0.25, 0.3) is 0 Å². The molecule has 1 heterocycles. The molecule has 0 spiro atoms. The van der Waals surface area contributed by atoms with Crippen LogP contribution in [0.4, 0.5) is 0 Å². The van der Waals surface area contributed by atoms with E-state index in [-0.39, 0.29) is 11.7 Å². The molecule has 0 aliphatic rings. The summed E-state index contributed by atoms with van der Waals surface area (Å²) in [5.74, 6) is -0.528. The van der Waals surface area contributed by atoms with Crippen molar-refractivity contribution in [2.75, 3.05) is 7.11 Å². The van der Waals surface area contributed by atoms with Crippen molar-refractivity contribution in [1.29, 1.82) is 0 Å². The highest BCUT2D eigenvalue weighted by molar-refractivity contribution is 5.89. The summed E-state index contributed by atoms with van der Waals surface area (Å²) >= 11 is 0. The Bertz CT molecular complexity index is 371. The molecule has 0 aromatic carbocycles. The third kappa shape index (κ3) is 2.23. The lowest BCUT2D eigenvalue weighted by Crippen LogP contribution is -2.10. The molecule has 0 N–H and O–H groups in total. The van der Waals surface area contributed by atoms with Crippen LogP contribution < -0.4 is 0 Å². The molecule has 1 rings (SSSR count). The highest BCUT2D eigenvalue weighted by Gasteiger charge is 2.16. The highest BCUT2D eigenvalue weighted by Crippen LogP contribution is 2.13. The summed E-state index contributed by atoms with van der Waals surface area (Å²) in [4.78, 5) is 22.0. The van der Waals surface area contributed by atoms with Crippen LogP contribution in [0.5, 0.6) is 0 Å². The van der Waals surface area contributed by atoms with Gasteiger partial charge in [0.25, 0.3) is 0 Å². The zero-order valence-corrected chi connectivity index (χ0v) is 9.06. The first-order valence-corrected chi connectivity index (χ1v) is 4.77. The topological polar surface area (TPSA) is 61.2 Å². The van der Waals surface area contributed by atoms with Crippen LogP contribution >= 0.6 is 0 Å². The summed E-state index contributed by atoms with van der Waals surface area (Å²) < 4.78 is 6.07. The van der Waals surface area contributed by atoms with Crippen LogP contribution in [0.2, 0.25) is 0 Å². The standard InChI is InChI=1S/C10H14N2O3/c1-4-7(2)12-8(6-13)5-9(11-12)10(14)15-3/h5-7H,4H2,1-3H3. The molecule has 1 atom stereocenters. The number of methoxy groups -OCH3 is 1. The molecule has 0 saturated heterocycles. The molecular weight excluding hydrogens is 196 g/mol. The minimum atomic E-state index is -0.528. The van der Waals surface area contributed by atoms with Crippen LogP contribution in [0.3, 0.4) is 0 Å². The molecule has 0 amide bonds. The van der Waals surface area contributed by atoms with E-state index < -0.39 is 5.97 Å². The van der Waals surface area contributed by atoms with Gasteiger partial charge in [-0.15, -0.1) is 0 Å². The van der Waals surface area contributed by atoms with Gasteiger partial charge in [-0.25, -0.2) is 4.79 Å². The van der Waals surface area contributed by atoms with E-state index in [0.29, 0.717) is 12.0 Å². The van der Waals surface area contributed by atoms with Crippen molar-refractivity contribution in [3.8, 4) is 0 Å². The zero-order chi connectivity index (χ0) is 11.4. The first kappa shape index (κ1) is 11.4. The normalized spacial score (nSPS) is 12.2. The third-order valence-electron chi connectivity index (χ3n) is 2.29. The smallest absolute Gasteiger partial charge is 0.358 e. The van der Waals surface area contributed by atoms with Crippen molar-refractivity contribution >= 4 is 12.3 Å². The molecule has 1 unspecified atom stereocenters. The van der Waals surface area contributed by atoms with Crippen LogP contribution in [-0.2, 0) is 4.74 Å². The van der Waals surface area contributed by atoms with Crippen molar-refractivity contribution in [2.45, 2.75) is 26.3 Å². The fourth-order valence-electron chi connectivity index (χ4n) is 1.23. The Hall–Kier alpha value is -1.65. The molecule has 0 radical (unpaired) electrons. The van der Waals surface area contributed by atoms with Crippen molar-refractivity contribution in [1.82, 2.24) is 9.78 Å². The predicted molar refractivity (Wildman–Crippen MR) is 54.0 cm³/mol. The average molecular weight is 210 g/mol. The molecule has 5 heteroatoms. The molecule has 15 heavy (non-hydrogen) atoms. The lowest BCUT2D eigenvalue weighted by molar-refractivity contribution is 0.0592. The van der Waals surface area contributed by atoms with Crippen molar-refractivity contribution < 1.29 is 14.3 Å². The van der Waals surface area contributed by atoms with E-state index in [9.17, 15) is 9.59 Å². The summed E-state index contributed by atoms with van der Waals surface area (Å²) in [6.45, 7) is 3.92. The molecule has 5 nitrogen and oxygen atoms in total. The van der Waals surface area contributed by atoms with Gasteiger partial charge >= 0.3 is 5.97 Å². The van der Waals surface area contributed by atoms with Crippen molar-refractivity contribution in [3.63, 3.8) is 0 Å². The Morgan fingerprint density at radius 1 is 1.73 bits per heavy atom. The van der Waals surface area contributed by atoms with Gasteiger partial charge < -0.3 is 4.74 Å². The second-order valence-corrected chi connectivity index (χ2v) is 3.27. The number of ether oxygens (including phenoxy) is 1. The maximum absolute atomic E-state index is 11.2. The molecular formula is C10H14N2O3. The number of hydrogen-bond acceptors (Lipinski definition) is 4. The van der Waals surface area contributed by atoms with Gasteiger partial charge in [0.2, 0.25) is 0 Å². The average Bonchev–Trinajstić information content (AvgIpc) is 2.70. The Kier molecular flexibility index (Phi) is 3.60. The Labute approximate surface area is 88.0 Å². The monoisotopic (exact) mass is 210 g/mol. The van der Waals surface area contributed by atoms with Crippen molar-refractivity contribution in [2.24, 2.45) is 0 Å². The predicted octanol–water partition coefficient (Wildman–Crippen LogP) is 1.45. The number of carbonyl (C=O) groups excluding carboxylic acids is 2. The Morgan fingerprint density at radius 2 is 2.40 bits per heavy atom. The van der Waals surface area contributed by atoms with E-state index in [2.05, 4.69) is 9.84 Å². The molecule has 82 valence electrons. The number of aromatic nitrogens is 2. The maximum atomic E-state index is 11.2. The molecule has 0 saturated carbocycles. The van der Waals surface area contributed by atoms with Gasteiger partial charge in [0.05, 0.1) is 7.11 Å². The Balaban J connectivity index is 3.10. The molecule has 1 aromatic rings. The van der Waals surface area contributed by atoms with E-state index in [1.807, 2.05) is 13.8 Å². The molecule has 0 aliphatic carbocycles. The summed E-state index contributed by atoms with van der Waals surface area (Å²) in [5.41, 5.74) is 0.560. The number of nitrogens with zero attached hydrogens (tertiary/aromatic N) is 2. The zero-order valence-electron chi connectivity index (χ0n) is 9.06. The Morgan fingerprint density at radius 3 is 2.87 bits per heavy atom. The summed E-state index contributed by atoms with van der Waals surface area (Å²) in [6.07, 6.45) is 1.52. The molecule has 1 aromatic heterocycles. The van der Waals surface area contributed by atoms with Crippen molar-refractivity contribution in [3.05, 3.63) is 17.5 Å². The molecule has 0 aliphatic heterocycles. The first-order valence-electron chi connectivity index (χ1n) is 4.77. The fraction of sp³-hybridized carbons (Fsp3) is 0.500. The lowest BCUT2D eigenvalue weighted by Gasteiger charge is -2.10. The second kappa shape index (κ2) is 4.72. The third-order valence-corrected chi connectivity index (χ3v) is 2.29. The van der Waals surface area contributed by atoms with Gasteiger partial charge in [-0.2, -0.15) is 5.10 Å². The van der Waals surface area contributed by atoms with E-state index in [0.717, 1.165) is 6.42 Å². The summed E-state index contributed by atoms with van der Waals surface area (Å²) in [7, 11) is 1.28.